The van der Waals surface area contributed by atoms with Crippen molar-refractivity contribution in [2.45, 2.75) is 92.4 Å². The van der Waals surface area contributed by atoms with Gasteiger partial charge in [-0.15, -0.1) is 0 Å². The molecule has 1 saturated carbocycles. The summed E-state index contributed by atoms with van der Waals surface area (Å²) in [4.78, 5) is 0. The van der Waals surface area contributed by atoms with Crippen LogP contribution in [0.5, 0.6) is 0 Å². The van der Waals surface area contributed by atoms with Gasteiger partial charge in [-0.1, -0.05) is 0 Å². The highest BCUT2D eigenvalue weighted by atomic mass is 16.8. The molecule has 3 heterocycles. The van der Waals surface area contributed by atoms with Crippen molar-refractivity contribution >= 4 is 0 Å². The zero-order valence-corrected chi connectivity index (χ0v) is 19.2. The molecule has 15 nitrogen and oxygen atoms in total. The van der Waals surface area contributed by atoms with Gasteiger partial charge in [0.05, 0.1) is 37.6 Å². The van der Waals surface area contributed by atoms with Gasteiger partial charge in [0, 0.05) is 5.92 Å². The van der Waals surface area contributed by atoms with Crippen LogP contribution in [0.25, 0.3) is 0 Å². The maximum absolute atomic E-state index is 11.2. The number of fused-ring (bicyclic) bond motifs is 1. The summed E-state index contributed by atoms with van der Waals surface area (Å²) in [6.07, 6.45) is -17.3. The molecule has 0 radical (unpaired) electrons. The molecule has 2 saturated heterocycles. The third-order valence-electron chi connectivity index (χ3n) is 7.47. The zero-order chi connectivity index (χ0) is 26.5. The molecule has 16 atom stereocenters. The molecule has 0 amide bonds. The van der Waals surface area contributed by atoms with Gasteiger partial charge < -0.3 is 74.7 Å². The standard InChI is InChI=1S/C21H34O15/c1-6-10(24)12(26)14(28)19(33-6)35-16-7-2-3-32-18(9(7)21(31,5-23)17(16)30)36-20-15(29)13(27)11(25)8(4-22)34-20/h2-3,6-20,22-31H,4-5H2,1H3/t6-,7+,8+,9+,10-,11+,12+,13-,14+,15+,16-,17-,18-,19-,20-,21-/m0/s1. The van der Waals surface area contributed by atoms with Crippen LogP contribution in [0.2, 0.25) is 0 Å². The highest BCUT2D eigenvalue weighted by Crippen LogP contribution is 2.49. The summed E-state index contributed by atoms with van der Waals surface area (Å²) in [5, 5.41) is 102. The third-order valence-corrected chi connectivity index (χ3v) is 7.47. The van der Waals surface area contributed by atoms with Crippen molar-refractivity contribution in [1.29, 1.82) is 0 Å². The molecule has 0 bridgehead atoms. The van der Waals surface area contributed by atoms with E-state index in [1.165, 1.54) is 13.0 Å². The molecule has 0 unspecified atom stereocenters. The van der Waals surface area contributed by atoms with Gasteiger partial charge in [0.15, 0.2) is 12.6 Å². The van der Waals surface area contributed by atoms with E-state index in [1.54, 1.807) is 0 Å². The van der Waals surface area contributed by atoms with Crippen LogP contribution >= 0.6 is 0 Å². The zero-order valence-electron chi connectivity index (χ0n) is 19.2. The Morgan fingerprint density at radius 2 is 1.39 bits per heavy atom. The quantitative estimate of drug-likeness (QED) is 0.155. The van der Waals surface area contributed by atoms with Crippen LogP contribution < -0.4 is 0 Å². The van der Waals surface area contributed by atoms with E-state index in [0.717, 1.165) is 6.26 Å². The third kappa shape index (κ3) is 4.56. The summed E-state index contributed by atoms with van der Waals surface area (Å²) in [6, 6.07) is 0. The molecule has 208 valence electrons. The van der Waals surface area contributed by atoms with Gasteiger partial charge in [0.25, 0.3) is 0 Å². The van der Waals surface area contributed by atoms with Crippen molar-refractivity contribution < 1.29 is 74.7 Å². The van der Waals surface area contributed by atoms with Crippen LogP contribution in [0.4, 0.5) is 0 Å². The molecule has 4 rings (SSSR count). The normalized spacial score (nSPS) is 55.2. The number of hydrogen-bond donors (Lipinski definition) is 10. The fourth-order valence-corrected chi connectivity index (χ4v) is 5.25. The average molecular weight is 526 g/mol. The topological polar surface area (TPSA) is 248 Å². The largest absolute Gasteiger partial charge is 0.472 e. The van der Waals surface area contributed by atoms with Crippen LogP contribution in [-0.4, -0.2) is 150 Å². The summed E-state index contributed by atoms with van der Waals surface area (Å²) in [6.45, 7) is -0.264. The van der Waals surface area contributed by atoms with Crippen molar-refractivity contribution in [3.63, 3.8) is 0 Å². The lowest BCUT2D eigenvalue weighted by atomic mass is 9.83. The summed E-state index contributed by atoms with van der Waals surface area (Å²) in [5.41, 5.74) is -2.30. The van der Waals surface area contributed by atoms with Crippen LogP contribution in [-0.2, 0) is 23.7 Å². The Morgan fingerprint density at radius 1 is 0.778 bits per heavy atom. The van der Waals surface area contributed by atoms with Crippen LogP contribution in [0.3, 0.4) is 0 Å². The molecular formula is C21H34O15. The lowest BCUT2D eigenvalue weighted by molar-refractivity contribution is -0.348. The SMILES string of the molecule is C[C@@H]1O[C@@H](O[C@H]2[C@@H]3C=CO[C@@H](O[C@@H]4O[C@H](CO)[C@@H](O)[C@H](O)[C@H]4O)[C@@H]3[C@@](O)(CO)[C@H]2O)[C@H](O)[C@H](O)[C@H]1O. The number of hydrogen-bond acceptors (Lipinski definition) is 15. The van der Waals surface area contributed by atoms with Gasteiger partial charge in [0.1, 0.15) is 54.4 Å². The minimum absolute atomic E-state index is 0.708. The van der Waals surface area contributed by atoms with Crippen LogP contribution in [0.15, 0.2) is 12.3 Å². The van der Waals surface area contributed by atoms with Gasteiger partial charge in [0.2, 0.25) is 6.29 Å². The van der Waals surface area contributed by atoms with Gasteiger partial charge in [-0.25, -0.2) is 0 Å². The van der Waals surface area contributed by atoms with E-state index in [0.29, 0.717) is 0 Å². The summed E-state index contributed by atoms with van der Waals surface area (Å²) >= 11 is 0. The summed E-state index contributed by atoms with van der Waals surface area (Å²) in [5.74, 6) is -2.19. The first-order valence-corrected chi connectivity index (χ1v) is 11.6. The second-order valence-corrected chi connectivity index (χ2v) is 9.65. The molecule has 0 aromatic carbocycles. The molecule has 0 spiro atoms. The average Bonchev–Trinajstić information content (AvgIpc) is 3.09. The van der Waals surface area contributed by atoms with Crippen molar-refractivity contribution in [3.8, 4) is 0 Å². The van der Waals surface area contributed by atoms with Crippen molar-refractivity contribution in [2.24, 2.45) is 11.8 Å². The number of rotatable bonds is 6. The lowest BCUT2D eigenvalue weighted by Gasteiger charge is -2.44. The first kappa shape index (κ1) is 28.0. The molecule has 10 N–H and O–H groups in total. The monoisotopic (exact) mass is 526 g/mol. The predicted octanol–water partition coefficient (Wildman–Crippen LogP) is -5.78. The van der Waals surface area contributed by atoms with E-state index in [4.69, 9.17) is 23.7 Å². The molecule has 0 aromatic rings. The van der Waals surface area contributed by atoms with Crippen LogP contribution in [0, 0.1) is 11.8 Å². The predicted molar refractivity (Wildman–Crippen MR) is 111 cm³/mol. The van der Waals surface area contributed by atoms with E-state index in [1.807, 2.05) is 0 Å². The Kier molecular flexibility index (Phi) is 8.26. The molecule has 0 aromatic heterocycles. The maximum atomic E-state index is 11.2. The summed E-state index contributed by atoms with van der Waals surface area (Å²) < 4.78 is 27.6. The Labute approximate surface area is 205 Å². The fraction of sp³-hybridized carbons (Fsp3) is 0.905. The van der Waals surface area contributed by atoms with Crippen molar-refractivity contribution in [3.05, 3.63) is 12.3 Å². The Morgan fingerprint density at radius 3 is 2.00 bits per heavy atom. The fourth-order valence-electron chi connectivity index (χ4n) is 5.25. The van der Waals surface area contributed by atoms with E-state index >= 15 is 0 Å². The molecular weight excluding hydrogens is 492 g/mol. The number of ether oxygens (including phenoxy) is 5. The Bertz CT molecular complexity index is 782. The van der Waals surface area contributed by atoms with Gasteiger partial charge in [-0.05, 0) is 13.0 Å². The first-order chi connectivity index (χ1) is 17.0. The Hall–Kier alpha value is -1.02. The van der Waals surface area contributed by atoms with Crippen molar-refractivity contribution in [2.75, 3.05) is 13.2 Å². The van der Waals surface area contributed by atoms with Crippen molar-refractivity contribution in [1.82, 2.24) is 0 Å². The smallest absolute Gasteiger partial charge is 0.208 e. The minimum Gasteiger partial charge on any atom is -0.472 e. The molecule has 1 aliphatic carbocycles. The molecule has 3 fully saturated rings. The van der Waals surface area contributed by atoms with E-state index in [9.17, 15) is 51.1 Å². The van der Waals surface area contributed by atoms with E-state index in [2.05, 4.69) is 0 Å². The van der Waals surface area contributed by atoms with E-state index < -0.39 is 111 Å². The lowest BCUT2D eigenvalue weighted by Crippen LogP contribution is -2.61. The maximum Gasteiger partial charge on any atom is 0.208 e. The Balaban J connectivity index is 1.56. The van der Waals surface area contributed by atoms with Gasteiger partial charge in [-0.3, -0.25) is 0 Å². The molecule has 3 aliphatic heterocycles. The second-order valence-electron chi connectivity index (χ2n) is 9.65. The van der Waals surface area contributed by atoms with Gasteiger partial charge in [-0.2, -0.15) is 0 Å². The second kappa shape index (κ2) is 10.6. The highest BCUT2D eigenvalue weighted by molar-refractivity contribution is 5.17. The minimum atomic E-state index is -2.30. The summed E-state index contributed by atoms with van der Waals surface area (Å²) in [7, 11) is 0. The molecule has 36 heavy (non-hydrogen) atoms. The number of aliphatic hydroxyl groups excluding tert-OH is 9. The first-order valence-electron chi connectivity index (χ1n) is 11.6. The molecule has 15 heteroatoms. The number of aliphatic hydroxyl groups is 10. The van der Waals surface area contributed by atoms with Gasteiger partial charge >= 0.3 is 0 Å². The molecule has 4 aliphatic rings. The van der Waals surface area contributed by atoms with Crippen LogP contribution in [0.1, 0.15) is 6.92 Å². The highest BCUT2D eigenvalue weighted by Gasteiger charge is 2.65. The van der Waals surface area contributed by atoms with E-state index in [-0.39, 0.29) is 0 Å².